The Hall–Kier alpha value is -1.65. The van der Waals surface area contributed by atoms with Crippen LogP contribution in [-0.4, -0.2) is 53.1 Å². The number of aryl methyl sites for hydroxylation is 3. The average molecular weight is 405 g/mol. The fraction of sp³-hybridized carbons (Fsp3) is 0.562. The monoisotopic (exact) mass is 404 g/mol. The lowest BCUT2D eigenvalue weighted by Gasteiger charge is -2.21. The van der Waals surface area contributed by atoms with E-state index in [0.29, 0.717) is 5.56 Å². The van der Waals surface area contributed by atoms with Gasteiger partial charge < -0.3 is 10.1 Å². The van der Waals surface area contributed by atoms with E-state index in [1.54, 1.807) is 32.9 Å². The second-order valence-electron chi connectivity index (χ2n) is 6.48. The smallest absolute Gasteiger partial charge is 0.407 e. The average Bonchev–Trinajstić information content (AvgIpc) is 2.75. The molecule has 0 aromatic heterocycles. The molecule has 1 heterocycles. The molecule has 0 saturated carbocycles. The Kier molecular flexibility index (Phi) is 5.99. The summed E-state index contributed by atoms with van der Waals surface area (Å²) in [5.41, 5.74) is 2.35. The molecule has 0 radical (unpaired) electrons. The molecule has 2 rings (SSSR count). The molecule has 10 heteroatoms. The van der Waals surface area contributed by atoms with Crippen molar-refractivity contribution in [3.63, 3.8) is 0 Å². The SMILES string of the molecule is CCOC(=O)N[C@@H]1CS(=O)(=O)C[C@H]1NS(=O)(=O)c1cc(C)c(C)cc1C. The number of amides is 1. The minimum Gasteiger partial charge on any atom is -0.450 e. The van der Waals surface area contributed by atoms with Gasteiger partial charge in [0.15, 0.2) is 9.84 Å². The Labute approximate surface area is 154 Å². The highest BCUT2D eigenvalue weighted by atomic mass is 32.2. The van der Waals surface area contributed by atoms with Crippen LogP contribution in [0.3, 0.4) is 0 Å². The zero-order valence-corrected chi connectivity index (χ0v) is 16.8. The van der Waals surface area contributed by atoms with Crippen LogP contribution in [-0.2, 0) is 24.6 Å². The summed E-state index contributed by atoms with van der Waals surface area (Å²) in [4.78, 5) is 11.7. The summed E-state index contributed by atoms with van der Waals surface area (Å²) in [6.45, 7) is 7.12. The zero-order valence-electron chi connectivity index (χ0n) is 15.2. The Balaban J connectivity index is 2.28. The third kappa shape index (κ3) is 4.74. The molecule has 1 saturated heterocycles. The zero-order chi connectivity index (χ0) is 19.7. The van der Waals surface area contributed by atoms with Crippen LogP contribution in [0.5, 0.6) is 0 Å². The van der Waals surface area contributed by atoms with Crippen molar-refractivity contribution in [3.05, 3.63) is 28.8 Å². The first-order chi connectivity index (χ1) is 11.9. The molecule has 146 valence electrons. The molecule has 0 aliphatic carbocycles. The highest BCUT2D eigenvalue weighted by Gasteiger charge is 2.41. The van der Waals surface area contributed by atoms with Gasteiger partial charge in [-0.3, -0.25) is 0 Å². The quantitative estimate of drug-likeness (QED) is 0.749. The van der Waals surface area contributed by atoms with Crippen LogP contribution >= 0.6 is 0 Å². The lowest BCUT2D eigenvalue weighted by Crippen LogP contribution is -2.51. The molecule has 1 fully saturated rings. The van der Waals surface area contributed by atoms with Crippen molar-refractivity contribution in [3.8, 4) is 0 Å². The summed E-state index contributed by atoms with van der Waals surface area (Å²) in [5, 5.41) is 2.43. The van der Waals surface area contributed by atoms with E-state index in [4.69, 9.17) is 4.74 Å². The highest BCUT2D eigenvalue weighted by Crippen LogP contribution is 2.22. The number of benzene rings is 1. The molecule has 2 N–H and O–H groups in total. The van der Waals surface area contributed by atoms with Gasteiger partial charge in [-0.05, 0) is 50.5 Å². The molecule has 0 bridgehead atoms. The largest absolute Gasteiger partial charge is 0.450 e. The fourth-order valence-electron chi connectivity index (χ4n) is 2.92. The number of carbonyl (C=O) groups is 1. The lowest BCUT2D eigenvalue weighted by molar-refractivity contribution is 0.148. The summed E-state index contributed by atoms with van der Waals surface area (Å²) in [6.07, 6.45) is -0.777. The molecule has 1 aromatic rings. The number of alkyl carbamates (subject to hydrolysis) is 1. The van der Waals surface area contributed by atoms with Crippen LogP contribution < -0.4 is 10.0 Å². The molecular formula is C16H24N2O6S2. The number of carbonyl (C=O) groups excluding carboxylic acids is 1. The summed E-state index contributed by atoms with van der Waals surface area (Å²) < 4.78 is 56.7. The number of rotatable bonds is 5. The molecular weight excluding hydrogens is 380 g/mol. The number of nitrogens with one attached hydrogen (secondary N) is 2. The first-order valence-electron chi connectivity index (χ1n) is 8.19. The molecule has 1 amide bonds. The molecule has 1 aliphatic rings. The van der Waals surface area contributed by atoms with E-state index in [-0.39, 0.29) is 23.0 Å². The van der Waals surface area contributed by atoms with Crippen LogP contribution in [0.1, 0.15) is 23.6 Å². The van der Waals surface area contributed by atoms with Gasteiger partial charge in [0.1, 0.15) is 0 Å². The van der Waals surface area contributed by atoms with Crippen molar-refractivity contribution in [2.24, 2.45) is 0 Å². The van der Waals surface area contributed by atoms with Crippen LogP contribution in [0.15, 0.2) is 17.0 Å². The first kappa shape index (κ1) is 20.7. The van der Waals surface area contributed by atoms with Crippen LogP contribution in [0.25, 0.3) is 0 Å². The minimum atomic E-state index is -3.95. The molecule has 0 spiro atoms. The van der Waals surface area contributed by atoms with Crippen LogP contribution in [0.2, 0.25) is 0 Å². The number of sulfone groups is 1. The highest BCUT2D eigenvalue weighted by molar-refractivity contribution is 7.92. The summed E-state index contributed by atoms with van der Waals surface area (Å²) in [6, 6.07) is 1.48. The predicted molar refractivity (Wildman–Crippen MR) is 97.4 cm³/mol. The second-order valence-corrected chi connectivity index (χ2v) is 10.3. The first-order valence-corrected chi connectivity index (χ1v) is 11.5. The minimum absolute atomic E-state index is 0.0970. The molecule has 8 nitrogen and oxygen atoms in total. The van der Waals surface area contributed by atoms with Gasteiger partial charge in [-0.25, -0.2) is 26.4 Å². The van der Waals surface area contributed by atoms with E-state index >= 15 is 0 Å². The fourth-order valence-corrected chi connectivity index (χ4v) is 6.47. The van der Waals surface area contributed by atoms with E-state index in [0.717, 1.165) is 11.1 Å². The Bertz CT molecular complexity index is 909. The van der Waals surface area contributed by atoms with E-state index in [2.05, 4.69) is 10.0 Å². The van der Waals surface area contributed by atoms with Crippen LogP contribution in [0.4, 0.5) is 4.79 Å². The molecule has 1 aliphatic heterocycles. The normalized spacial score (nSPS) is 22.2. The van der Waals surface area contributed by atoms with Gasteiger partial charge in [0, 0.05) is 0 Å². The summed E-state index contributed by atoms with van der Waals surface area (Å²) in [5.74, 6) is -0.724. The molecule has 26 heavy (non-hydrogen) atoms. The van der Waals surface area contributed by atoms with Crippen molar-refractivity contribution < 1.29 is 26.4 Å². The van der Waals surface area contributed by atoms with E-state index < -0.39 is 38.0 Å². The van der Waals surface area contributed by atoms with Crippen molar-refractivity contribution in [2.45, 2.75) is 44.7 Å². The van der Waals surface area contributed by atoms with E-state index in [1.807, 2.05) is 6.92 Å². The third-order valence-corrected chi connectivity index (χ3v) is 7.68. The van der Waals surface area contributed by atoms with Gasteiger partial charge in [-0.2, -0.15) is 0 Å². The van der Waals surface area contributed by atoms with Crippen LogP contribution in [0, 0.1) is 20.8 Å². The Morgan fingerprint density at radius 2 is 1.69 bits per heavy atom. The molecule has 0 unspecified atom stereocenters. The predicted octanol–water partition coefficient (Wildman–Crippen LogP) is 0.802. The Morgan fingerprint density at radius 3 is 2.31 bits per heavy atom. The number of ether oxygens (including phenoxy) is 1. The van der Waals surface area contributed by atoms with Gasteiger partial charge >= 0.3 is 6.09 Å². The third-order valence-electron chi connectivity index (χ3n) is 4.32. The van der Waals surface area contributed by atoms with Gasteiger partial charge in [0.05, 0.1) is 35.1 Å². The van der Waals surface area contributed by atoms with Crippen molar-refractivity contribution in [2.75, 3.05) is 18.1 Å². The van der Waals surface area contributed by atoms with Gasteiger partial charge in [0.2, 0.25) is 10.0 Å². The standard InChI is InChI=1S/C16H24N2O6S2/c1-5-24-16(19)17-13-8-25(20,21)9-14(13)18-26(22,23)15-7-11(3)10(2)6-12(15)4/h6-7,13-14,18H,5,8-9H2,1-4H3,(H,17,19)/t13-,14-/m1/s1. The Morgan fingerprint density at radius 1 is 1.12 bits per heavy atom. The molecule has 1 aromatic carbocycles. The van der Waals surface area contributed by atoms with Gasteiger partial charge in [-0.1, -0.05) is 6.07 Å². The van der Waals surface area contributed by atoms with E-state index in [9.17, 15) is 21.6 Å². The number of sulfonamides is 1. The maximum atomic E-state index is 12.8. The van der Waals surface area contributed by atoms with Gasteiger partial charge in [0.25, 0.3) is 0 Å². The topological polar surface area (TPSA) is 119 Å². The second kappa shape index (κ2) is 7.53. The van der Waals surface area contributed by atoms with Gasteiger partial charge in [-0.15, -0.1) is 0 Å². The number of hydrogen-bond acceptors (Lipinski definition) is 6. The number of hydrogen-bond donors (Lipinski definition) is 2. The summed E-state index contributed by atoms with van der Waals surface area (Å²) in [7, 11) is -7.43. The lowest BCUT2D eigenvalue weighted by atomic mass is 10.1. The van der Waals surface area contributed by atoms with E-state index in [1.165, 1.54) is 0 Å². The molecule has 2 atom stereocenters. The maximum absolute atomic E-state index is 12.8. The maximum Gasteiger partial charge on any atom is 0.407 e. The van der Waals surface area contributed by atoms with Crippen molar-refractivity contribution in [1.29, 1.82) is 0 Å². The van der Waals surface area contributed by atoms with Crippen molar-refractivity contribution in [1.82, 2.24) is 10.0 Å². The van der Waals surface area contributed by atoms with Crippen molar-refractivity contribution >= 4 is 26.0 Å². The summed E-state index contributed by atoms with van der Waals surface area (Å²) >= 11 is 0.